The Hall–Kier alpha value is -0.0800. The van der Waals surface area contributed by atoms with Gasteiger partial charge in [0.2, 0.25) is 0 Å². The monoisotopic (exact) mass is 412 g/mol. The Morgan fingerprint density at radius 3 is 1.34 bits per heavy atom. The molecule has 0 atom stereocenters. The summed E-state index contributed by atoms with van der Waals surface area (Å²) >= 11 is 0. The third-order valence-corrected chi connectivity index (χ3v) is 5.94. The first-order valence-electron chi connectivity index (χ1n) is 13.1. The van der Waals surface area contributed by atoms with E-state index in [2.05, 4.69) is 48.5 Å². The lowest BCUT2D eigenvalue weighted by Gasteiger charge is -2.25. The lowest BCUT2D eigenvalue weighted by molar-refractivity contribution is -0.162. The van der Waals surface area contributed by atoms with Gasteiger partial charge < -0.3 is 9.47 Å². The predicted molar refractivity (Wildman–Crippen MR) is 129 cm³/mol. The average Bonchev–Trinajstić information content (AvgIpc) is 2.65. The maximum Gasteiger partial charge on any atom is 0.157 e. The van der Waals surface area contributed by atoms with Crippen molar-refractivity contribution in [3.05, 3.63) is 0 Å². The fourth-order valence-corrected chi connectivity index (χ4v) is 4.28. The lowest BCUT2D eigenvalue weighted by Crippen LogP contribution is -2.24. The first-order valence-corrected chi connectivity index (χ1v) is 13.1. The zero-order valence-corrected chi connectivity index (χ0v) is 21.4. The molecule has 29 heavy (non-hydrogen) atoms. The Morgan fingerprint density at radius 2 is 0.966 bits per heavy atom. The second kappa shape index (κ2) is 18.7. The normalized spacial score (nSPS) is 12.6. The maximum absolute atomic E-state index is 6.35. The highest BCUT2D eigenvalue weighted by atomic mass is 16.7. The van der Waals surface area contributed by atoms with Crippen LogP contribution in [0.2, 0.25) is 0 Å². The van der Waals surface area contributed by atoms with E-state index in [0.29, 0.717) is 17.3 Å². The molecule has 0 unspecified atom stereocenters. The Labute approximate surface area is 184 Å². The van der Waals surface area contributed by atoms with Crippen molar-refractivity contribution < 1.29 is 9.47 Å². The standard InChI is InChI=1S/C27H56O2/c1-8-16-24(17-9-2)22-28-26(29-23-25(18-10-3)19-11-4)20-14-12-13-15-21-27(5,6)7/h24-26H,8-23H2,1-7H3. The van der Waals surface area contributed by atoms with Crippen molar-refractivity contribution in [3.63, 3.8) is 0 Å². The summed E-state index contributed by atoms with van der Waals surface area (Å²) in [6, 6.07) is 0. The molecule has 2 heteroatoms. The highest BCUT2D eigenvalue weighted by Crippen LogP contribution is 2.23. The Morgan fingerprint density at radius 1 is 0.552 bits per heavy atom. The summed E-state index contributed by atoms with van der Waals surface area (Å²) < 4.78 is 12.7. The van der Waals surface area contributed by atoms with Crippen molar-refractivity contribution in [1.29, 1.82) is 0 Å². The summed E-state index contributed by atoms with van der Waals surface area (Å²) in [7, 11) is 0. The van der Waals surface area contributed by atoms with Gasteiger partial charge in [0.1, 0.15) is 0 Å². The number of unbranched alkanes of at least 4 members (excludes halogenated alkanes) is 3. The van der Waals surface area contributed by atoms with E-state index in [1.807, 2.05) is 0 Å². The van der Waals surface area contributed by atoms with E-state index in [9.17, 15) is 0 Å². The van der Waals surface area contributed by atoms with Gasteiger partial charge in [-0.05, 0) is 62.2 Å². The largest absolute Gasteiger partial charge is 0.352 e. The van der Waals surface area contributed by atoms with Crippen molar-refractivity contribution in [2.24, 2.45) is 17.3 Å². The molecule has 0 saturated carbocycles. The van der Waals surface area contributed by atoms with E-state index in [4.69, 9.17) is 9.47 Å². The fraction of sp³-hybridized carbons (Fsp3) is 1.00. The molecule has 0 saturated heterocycles. The van der Waals surface area contributed by atoms with Gasteiger partial charge in [0.05, 0.1) is 13.2 Å². The van der Waals surface area contributed by atoms with Crippen molar-refractivity contribution in [2.45, 2.75) is 145 Å². The van der Waals surface area contributed by atoms with Crippen LogP contribution in [0.25, 0.3) is 0 Å². The third kappa shape index (κ3) is 18.4. The molecule has 2 nitrogen and oxygen atoms in total. The Balaban J connectivity index is 4.45. The second-order valence-corrected chi connectivity index (χ2v) is 10.5. The molecule has 0 amide bonds. The molecule has 0 aliphatic carbocycles. The molecule has 0 radical (unpaired) electrons. The van der Waals surface area contributed by atoms with E-state index >= 15 is 0 Å². The molecule has 0 heterocycles. The van der Waals surface area contributed by atoms with Gasteiger partial charge in [-0.1, -0.05) is 93.4 Å². The van der Waals surface area contributed by atoms with Gasteiger partial charge in [-0.3, -0.25) is 0 Å². The van der Waals surface area contributed by atoms with E-state index in [1.54, 1.807) is 0 Å². The van der Waals surface area contributed by atoms with Crippen LogP contribution in [0.4, 0.5) is 0 Å². The van der Waals surface area contributed by atoms with Crippen LogP contribution in [0, 0.1) is 17.3 Å². The van der Waals surface area contributed by atoms with Gasteiger partial charge in [-0.25, -0.2) is 0 Å². The minimum Gasteiger partial charge on any atom is -0.352 e. The molecular formula is C27H56O2. The van der Waals surface area contributed by atoms with Crippen molar-refractivity contribution in [1.82, 2.24) is 0 Å². The fourth-order valence-electron chi connectivity index (χ4n) is 4.28. The van der Waals surface area contributed by atoms with Crippen LogP contribution < -0.4 is 0 Å². The van der Waals surface area contributed by atoms with E-state index in [1.165, 1.54) is 83.5 Å². The van der Waals surface area contributed by atoms with Crippen molar-refractivity contribution in [3.8, 4) is 0 Å². The van der Waals surface area contributed by atoms with Gasteiger partial charge in [0.25, 0.3) is 0 Å². The summed E-state index contributed by atoms with van der Waals surface area (Å²) in [5, 5.41) is 0. The molecule has 0 aliphatic heterocycles. The molecule has 0 bridgehead atoms. The van der Waals surface area contributed by atoms with E-state index in [0.717, 1.165) is 19.6 Å². The summed E-state index contributed by atoms with van der Waals surface area (Å²) in [4.78, 5) is 0. The molecule has 0 aromatic carbocycles. The quantitative estimate of drug-likeness (QED) is 0.146. The summed E-state index contributed by atoms with van der Waals surface area (Å²) in [5.41, 5.74) is 0.468. The molecule has 176 valence electrons. The molecule has 0 aliphatic rings. The first kappa shape index (κ1) is 28.9. The predicted octanol–water partition coefficient (Wildman–Crippen LogP) is 9.17. The SMILES string of the molecule is CCCC(CCC)COC(CCCCCCC(C)(C)C)OCC(CCC)CCC. The van der Waals surface area contributed by atoms with E-state index in [-0.39, 0.29) is 6.29 Å². The van der Waals surface area contributed by atoms with Gasteiger partial charge in [-0.2, -0.15) is 0 Å². The van der Waals surface area contributed by atoms with Gasteiger partial charge >= 0.3 is 0 Å². The topological polar surface area (TPSA) is 18.5 Å². The number of ether oxygens (including phenoxy) is 2. The second-order valence-electron chi connectivity index (χ2n) is 10.5. The first-order chi connectivity index (χ1) is 13.9. The summed E-state index contributed by atoms with van der Waals surface area (Å²) in [6.07, 6.45) is 17.7. The van der Waals surface area contributed by atoms with Crippen LogP contribution in [0.15, 0.2) is 0 Å². The van der Waals surface area contributed by atoms with Crippen LogP contribution in [-0.2, 0) is 9.47 Å². The molecule has 0 aromatic heterocycles. The van der Waals surface area contributed by atoms with Crippen LogP contribution in [0.5, 0.6) is 0 Å². The van der Waals surface area contributed by atoms with Gasteiger partial charge in [0, 0.05) is 0 Å². The number of hydrogen-bond donors (Lipinski definition) is 0. The number of hydrogen-bond acceptors (Lipinski definition) is 2. The zero-order chi connectivity index (χ0) is 22.0. The van der Waals surface area contributed by atoms with Crippen LogP contribution in [-0.4, -0.2) is 19.5 Å². The average molecular weight is 413 g/mol. The Kier molecular flexibility index (Phi) is 18.6. The van der Waals surface area contributed by atoms with Crippen LogP contribution >= 0.6 is 0 Å². The zero-order valence-electron chi connectivity index (χ0n) is 21.4. The molecule has 0 N–H and O–H groups in total. The summed E-state index contributed by atoms with van der Waals surface area (Å²) in [5.74, 6) is 1.40. The Bertz CT molecular complexity index is 302. The van der Waals surface area contributed by atoms with Crippen molar-refractivity contribution in [2.75, 3.05) is 13.2 Å². The maximum atomic E-state index is 6.35. The van der Waals surface area contributed by atoms with Crippen LogP contribution in [0.1, 0.15) is 138 Å². The molecular weight excluding hydrogens is 356 g/mol. The molecule has 0 spiro atoms. The van der Waals surface area contributed by atoms with Crippen molar-refractivity contribution >= 4 is 0 Å². The van der Waals surface area contributed by atoms with Gasteiger partial charge in [0.15, 0.2) is 6.29 Å². The highest BCUT2D eigenvalue weighted by molar-refractivity contribution is 4.63. The van der Waals surface area contributed by atoms with Crippen LogP contribution in [0.3, 0.4) is 0 Å². The third-order valence-electron chi connectivity index (χ3n) is 5.94. The molecule has 0 fully saturated rings. The minimum absolute atomic E-state index is 0.00467. The smallest absolute Gasteiger partial charge is 0.157 e. The van der Waals surface area contributed by atoms with Gasteiger partial charge in [-0.15, -0.1) is 0 Å². The summed E-state index contributed by atoms with van der Waals surface area (Å²) in [6.45, 7) is 17.9. The molecule has 0 rings (SSSR count). The molecule has 0 aromatic rings. The lowest BCUT2D eigenvalue weighted by atomic mass is 9.89. The van der Waals surface area contributed by atoms with E-state index < -0.39 is 0 Å². The minimum atomic E-state index is 0.00467. The number of rotatable bonds is 20. The highest BCUT2D eigenvalue weighted by Gasteiger charge is 2.16.